The van der Waals surface area contributed by atoms with Crippen LogP contribution in [0.5, 0.6) is 0 Å². The number of carbonyl (C=O) groups is 1. The monoisotopic (exact) mass is 496 g/mol. The van der Waals surface area contributed by atoms with Gasteiger partial charge in [0.15, 0.2) is 5.58 Å². The number of hydrogen-bond acceptors (Lipinski definition) is 4. The van der Waals surface area contributed by atoms with Gasteiger partial charge in [-0.15, -0.1) is 0 Å². The fraction of sp³-hybridized carbons (Fsp3) is 0.133. The Morgan fingerprint density at radius 1 is 0.944 bits per heavy atom. The van der Waals surface area contributed by atoms with E-state index in [0.717, 1.165) is 16.7 Å². The molecule has 0 unspecified atom stereocenters. The smallest absolute Gasteiger partial charge is 0.248 e. The van der Waals surface area contributed by atoms with Crippen LogP contribution in [0.3, 0.4) is 0 Å². The normalized spacial score (nSPS) is 11.6. The Labute approximate surface area is 214 Å². The summed E-state index contributed by atoms with van der Waals surface area (Å²) in [6, 6.07) is 23.0. The van der Waals surface area contributed by atoms with Gasteiger partial charge in [0, 0.05) is 27.9 Å². The van der Waals surface area contributed by atoms with Crippen LogP contribution < -0.4 is 5.32 Å². The van der Waals surface area contributed by atoms with Crippen LogP contribution in [-0.2, 0) is 4.79 Å². The first-order valence-corrected chi connectivity index (χ1v) is 12.1. The maximum atomic E-state index is 12.5. The number of rotatable bonds is 6. The van der Waals surface area contributed by atoms with Crippen molar-refractivity contribution in [3.63, 3.8) is 0 Å². The van der Waals surface area contributed by atoms with Crippen LogP contribution in [-0.4, -0.2) is 10.9 Å². The van der Waals surface area contributed by atoms with Crippen molar-refractivity contribution in [1.82, 2.24) is 4.98 Å². The number of amides is 1. The van der Waals surface area contributed by atoms with Gasteiger partial charge in [0.05, 0.1) is 0 Å². The summed E-state index contributed by atoms with van der Waals surface area (Å²) in [7, 11) is 0. The molecule has 6 heteroatoms. The molecule has 1 amide bonds. The molecule has 5 rings (SSSR count). The molecule has 0 fully saturated rings. The molecule has 2 aromatic heterocycles. The Balaban J connectivity index is 1.27. The Hall–Kier alpha value is -4.09. The van der Waals surface area contributed by atoms with E-state index in [0.29, 0.717) is 45.1 Å². The quantitative estimate of drug-likeness (QED) is 0.239. The zero-order chi connectivity index (χ0) is 25.2. The fourth-order valence-electron chi connectivity index (χ4n) is 3.82. The van der Waals surface area contributed by atoms with Gasteiger partial charge < -0.3 is 14.2 Å². The number of nitrogens with zero attached hydrogens (tertiary/aromatic N) is 1. The highest BCUT2D eigenvalue weighted by Crippen LogP contribution is 2.29. The second-order valence-corrected chi connectivity index (χ2v) is 9.37. The van der Waals surface area contributed by atoms with E-state index in [4.69, 9.17) is 20.4 Å². The van der Waals surface area contributed by atoms with Crippen LogP contribution in [0.15, 0.2) is 87.7 Å². The SMILES string of the molecule is Cc1ccc(-c2ccc(/C=C/C(=O)Nc3ccc4oc(-c5ccc(C(C)C)cc5)nc4c3)o2)cc1Cl. The minimum atomic E-state index is -0.279. The van der Waals surface area contributed by atoms with Gasteiger partial charge in [-0.05, 0) is 78.6 Å². The summed E-state index contributed by atoms with van der Waals surface area (Å²) in [4.78, 5) is 17.1. The summed E-state index contributed by atoms with van der Waals surface area (Å²) >= 11 is 6.22. The van der Waals surface area contributed by atoms with Gasteiger partial charge in [-0.25, -0.2) is 4.98 Å². The minimum absolute atomic E-state index is 0.279. The largest absolute Gasteiger partial charge is 0.457 e. The van der Waals surface area contributed by atoms with Gasteiger partial charge in [0.2, 0.25) is 11.8 Å². The van der Waals surface area contributed by atoms with Crippen LogP contribution in [0.25, 0.3) is 40.0 Å². The summed E-state index contributed by atoms with van der Waals surface area (Å²) in [5.41, 5.74) is 6.02. The van der Waals surface area contributed by atoms with Crippen LogP contribution in [0, 0.1) is 6.92 Å². The second kappa shape index (κ2) is 9.88. The molecule has 5 aromatic rings. The van der Waals surface area contributed by atoms with Crippen molar-refractivity contribution < 1.29 is 13.6 Å². The van der Waals surface area contributed by atoms with Crippen LogP contribution in [0.2, 0.25) is 5.02 Å². The molecule has 0 atom stereocenters. The van der Waals surface area contributed by atoms with Gasteiger partial charge in [0.1, 0.15) is 17.0 Å². The molecule has 5 nitrogen and oxygen atoms in total. The van der Waals surface area contributed by atoms with Crippen LogP contribution in [0.4, 0.5) is 5.69 Å². The highest BCUT2D eigenvalue weighted by Gasteiger charge is 2.11. The molecule has 0 aliphatic heterocycles. The summed E-state index contributed by atoms with van der Waals surface area (Å²) in [5, 5.41) is 3.54. The molecule has 36 heavy (non-hydrogen) atoms. The lowest BCUT2D eigenvalue weighted by molar-refractivity contribution is -0.111. The van der Waals surface area contributed by atoms with Crippen molar-refractivity contribution in [2.75, 3.05) is 5.32 Å². The van der Waals surface area contributed by atoms with Crippen molar-refractivity contribution >= 4 is 40.4 Å². The molecule has 180 valence electrons. The van der Waals surface area contributed by atoms with Crippen molar-refractivity contribution in [1.29, 1.82) is 0 Å². The van der Waals surface area contributed by atoms with Gasteiger partial charge in [-0.1, -0.05) is 49.7 Å². The molecule has 3 aromatic carbocycles. The van der Waals surface area contributed by atoms with E-state index in [1.165, 1.54) is 11.6 Å². The standard InChI is InChI=1S/C30H25ClN2O3/c1-18(2)20-6-8-21(9-7-20)30-33-26-17-23(10-13-28(26)36-30)32-29(34)15-12-24-11-14-27(35-24)22-5-4-19(3)25(31)16-22/h4-18H,1-3H3,(H,32,34)/b15-12+. The predicted octanol–water partition coefficient (Wildman–Crippen LogP) is 8.49. The molecular formula is C30H25ClN2O3. The van der Waals surface area contributed by atoms with Crippen molar-refractivity contribution in [3.8, 4) is 22.8 Å². The predicted molar refractivity (Wildman–Crippen MR) is 145 cm³/mol. The summed E-state index contributed by atoms with van der Waals surface area (Å²) in [5.74, 6) is 1.98. The molecule has 0 saturated heterocycles. The number of furan rings is 1. The Bertz CT molecular complexity index is 1580. The van der Waals surface area contributed by atoms with E-state index in [-0.39, 0.29) is 5.91 Å². The zero-order valence-corrected chi connectivity index (χ0v) is 21.0. The Kier molecular flexibility index (Phi) is 6.49. The second-order valence-electron chi connectivity index (χ2n) is 8.97. The minimum Gasteiger partial charge on any atom is -0.457 e. The third kappa shape index (κ3) is 5.11. The highest BCUT2D eigenvalue weighted by atomic mass is 35.5. The maximum Gasteiger partial charge on any atom is 0.248 e. The van der Waals surface area contributed by atoms with E-state index < -0.39 is 0 Å². The number of fused-ring (bicyclic) bond motifs is 1. The van der Waals surface area contributed by atoms with Gasteiger partial charge in [-0.2, -0.15) is 0 Å². The molecule has 0 saturated carbocycles. The zero-order valence-electron chi connectivity index (χ0n) is 20.2. The van der Waals surface area contributed by atoms with Crippen molar-refractivity contribution in [3.05, 3.63) is 101 Å². The first kappa shape index (κ1) is 23.6. The molecule has 0 aliphatic rings. The summed E-state index contributed by atoms with van der Waals surface area (Å²) in [6.07, 6.45) is 3.06. The van der Waals surface area contributed by atoms with Crippen LogP contribution >= 0.6 is 11.6 Å². The third-order valence-electron chi connectivity index (χ3n) is 5.96. The molecule has 2 heterocycles. The maximum absolute atomic E-state index is 12.5. The lowest BCUT2D eigenvalue weighted by Gasteiger charge is -2.04. The van der Waals surface area contributed by atoms with E-state index in [1.807, 2.05) is 49.4 Å². The number of aromatic nitrogens is 1. The average molecular weight is 497 g/mol. The van der Waals surface area contributed by atoms with E-state index in [9.17, 15) is 4.79 Å². The Morgan fingerprint density at radius 3 is 2.47 bits per heavy atom. The fourth-order valence-corrected chi connectivity index (χ4v) is 4.01. The lowest BCUT2D eigenvalue weighted by Crippen LogP contribution is -2.07. The highest BCUT2D eigenvalue weighted by molar-refractivity contribution is 6.31. The Morgan fingerprint density at radius 2 is 1.72 bits per heavy atom. The molecular weight excluding hydrogens is 472 g/mol. The number of hydrogen-bond donors (Lipinski definition) is 1. The van der Waals surface area contributed by atoms with Crippen molar-refractivity contribution in [2.45, 2.75) is 26.7 Å². The van der Waals surface area contributed by atoms with Crippen LogP contribution in [0.1, 0.15) is 36.7 Å². The summed E-state index contributed by atoms with van der Waals surface area (Å²) in [6.45, 7) is 6.27. The molecule has 0 bridgehead atoms. The summed E-state index contributed by atoms with van der Waals surface area (Å²) < 4.78 is 11.8. The number of anilines is 1. The lowest BCUT2D eigenvalue weighted by atomic mass is 10.0. The number of halogens is 1. The van der Waals surface area contributed by atoms with Gasteiger partial charge >= 0.3 is 0 Å². The topological polar surface area (TPSA) is 68.3 Å². The molecule has 0 aliphatic carbocycles. The number of benzene rings is 3. The molecule has 1 N–H and O–H groups in total. The van der Waals surface area contributed by atoms with E-state index in [2.05, 4.69) is 36.3 Å². The average Bonchev–Trinajstić information content (AvgIpc) is 3.51. The number of carbonyl (C=O) groups excluding carboxylic acids is 1. The number of aryl methyl sites for hydroxylation is 1. The first-order valence-electron chi connectivity index (χ1n) is 11.7. The van der Waals surface area contributed by atoms with E-state index in [1.54, 1.807) is 24.3 Å². The van der Waals surface area contributed by atoms with Gasteiger partial charge in [-0.3, -0.25) is 4.79 Å². The van der Waals surface area contributed by atoms with Gasteiger partial charge in [0.25, 0.3) is 0 Å². The third-order valence-corrected chi connectivity index (χ3v) is 6.37. The molecule has 0 radical (unpaired) electrons. The van der Waals surface area contributed by atoms with E-state index >= 15 is 0 Å². The first-order chi connectivity index (χ1) is 17.4. The molecule has 0 spiro atoms. The number of oxazole rings is 1. The number of nitrogens with one attached hydrogen (secondary N) is 1. The van der Waals surface area contributed by atoms with Crippen molar-refractivity contribution in [2.24, 2.45) is 0 Å².